The van der Waals surface area contributed by atoms with E-state index in [1.165, 1.54) is 16.8 Å². The number of aryl methyl sites for hydroxylation is 1. The summed E-state index contributed by atoms with van der Waals surface area (Å²) in [5.41, 5.74) is 10.8. The van der Waals surface area contributed by atoms with Crippen LogP contribution in [0.15, 0.2) is 12.1 Å². The highest BCUT2D eigenvalue weighted by molar-refractivity contribution is 5.67. The van der Waals surface area contributed by atoms with Gasteiger partial charge in [-0.15, -0.1) is 0 Å². The number of benzene rings is 1. The van der Waals surface area contributed by atoms with Crippen LogP contribution in [0, 0.1) is 6.92 Å². The summed E-state index contributed by atoms with van der Waals surface area (Å²) in [5.74, 6) is 0. The first-order valence-electron chi connectivity index (χ1n) is 6.93. The van der Waals surface area contributed by atoms with Gasteiger partial charge in [-0.25, -0.2) is 0 Å². The van der Waals surface area contributed by atoms with Crippen LogP contribution in [0.5, 0.6) is 0 Å². The Kier molecular flexibility index (Phi) is 5.05. The number of rotatable bonds is 7. The van der Waals surface area contributed by atoms with Crippen molar-refractivity contribution < 1.29 is 9.47 Å². The van der Waals surface area contributed by atoms with Crippen molar-refractivity contribution in [2.75, 3.05) is 50.7 Å². The van der Waals surface area contributed by atoms with Crippen LogP contribution in [0.1, 0.15) is 17.5 Å². The van der Waals surface area contributed by atoms with Crippen molar-refractivity contribution in [3.8, 4) is 0 Å². The molecule has 4 heteroatoms. The van der Waals surface area contributed by atoms with Crippen LogP contribution in [0.3, 0.4) is 0 Å². The third kappa shape index (κ3) is 3.61. The molecule has 106 valence electrons. The first kappa shape index (κ1) is 14.2. The molecule has 4 nitrogen and oxygen atoms in total. The fourth-order valence-electron chi connectivity index (χ4n) is 2.48. The lowest BCUT2D eigenvalue weighted by molar-refractivity contribution is 0.0701. The summed E-state index contributed by atoms with van der Waals surface area (Å²) >= 11 is 0. The minimum Gasteiger partial charge on any atom is -0.398 e. The summed E-state index contributed by atoms with van der Waals surface area (Å²) in [5, 5.41) is 0. The van der Waals surface area contributed by atoms with E-state index >= 15 is 0 Å². The Hall–Kier alpha value is -1.26. The fourth-order valence-corrected chi connectivity index (χ4v) is 2.48. The van der Waals surface area contributed by atoms with Gasteiger partial charge in [0.15, 0.2) is 0 Å². The maximum Gasteiger partial charge on any atom is 0.0700 e. The number of ether oxygens (including phenoxy) is 2. The first-order chi connectivity index (χ1) is 9.22. The number of fused-ring (bicyclic) bond motifs is 1. The molecule has 19 heavy (non-hydrogen) atoms. The molecule has 0 saturated heterocycles. The van der Waals surface area contributed by atoms with Gasteiger partial charge in [0.2, 0.25) is 0 Å². The smallest absolute Gasteiger partial charge is 0.0700 e. The Balaban J connectivity index is 1.80. The minimum absolute atomic E-state index is 0.669. The van der Waals surface area contributed by atoms with E-state index in [1.807, 2.05) is 0 Å². The molecule has 1 aliphatic rings. The lowest BCUT2D eigenvalue weighted by atomic mass is 10.1. The van der Waals surface area contributed by atoms with Gasteiger partial charge < -0.3 is 20.1 Å². The number of methoxy groups -OCH3 is 1. The van der Waals surface area contributed by atoms with E-state index in [0.717, 1.165) is 38.2 Å². The van der Waals surface area contributed by atoms with Crippen LogP contribution in [0.2, 0.25) is 0 Å². The zero-order valence-electron chi connectivity index (χ0n) is 11.9. The Labute approximate surface area is 115 Å². The molecule has 0 saturated carbocycles. The molecule has 2 rings (SSSR count). The van der Waals surface area contributed by atoms with Crippen LogP contribution >= 0.6 is 0 Å². The average Bonchev–Trinajstić information content (AvgIpc) is 2.77. The van der Waals surface area contributed by atoms with E-state index in [4.69, 9.17) is 15.2 Å². The molecule has 1 aromatic carbocycles. The number of hydrogen-bond donors (Lipinski definition) is 1. The molecule has 0 atom stereocenters. The predicted molar refractivity (Wildman–Crippen MR) is 78.8 cm³/mol. The van der Waals surface area contributed by atoms with Gasteiger partial charge in [0.25, 0.3) is 0 Å². The molecular weight excluding hydrogens is 240 g/mol. The molecule has 0 radical (unpaired) electrons. The summed E-state index contributed by atoms with van der Waals surface area (Å²) in [6, 6.07) is 4.34. The van der Waals surface area contributed by atoms with Gasteiger partial charge in [0.1, 0.15) is 0 Å². The number of nitrogens with two attached hydrogens (primary N) is 1. The number of nitrogens with zero attached hydrogens (tertiary/aromatic N) is 1. The second-order valence-corrected chi connectivity index (χ2v) is 5.03. The lowest BCUT2D eigenvalue weighted by Crippen LogP contribution is -2.23. The maximum atomic E-state index is 6.00. The van der Waals surface area contributed by atoms with Crippen LogP contribution in [0.25, 0.3) is 0 Å². The highest BCUT2D eigenvalue weighted by Gasteiger charge is 2.19. The molecule has 0 bridgehead atoms. The molecule has 1 aromatic rings. The molecule has 0 aliphatic carbocycles. The van der Waals surface area contributed by atoms with Crippen molar-refractivity contribution in [3.05, 3.63) is 23.3 Å². The van der Waals surface area contributed by atoms with Gasteiger partial charge in [-0.05, 0) is 37.0 Å². The highest BCUT2D eigenvalue weighted by Crippen LogP contribution is 2.31. The Morgan fingerprint density at radius 2 is 2.11 bits per heavy atom. The number of nitrogen functional groups attached to an aromatic ring is 1. The van der Waals surface area contributed by atoms with Gasteiger partial charge >= 0.3 is 0 Å². The molecule has 0 aromatic heterocycles. The Morgan fingerprint density at radius 3 is 2.89 bits per heavy atom. The molecule has 0 unspecified atom stereocenters. The van der Waals surface area contributed by atoms with Crippen molar-refractivity contribution in [1.29, 1.82) is 0 Å². The van der Waals surface area contributed by atoms with E-state index < -0.39 is 0 Å². The lowest BCUT2D eigenvalue weighted by Gasteiger charge is -2.20. The van der Waals surface area contributed by atoms with E-state index in [2.05, 4.69) is 24.0 Å². The van der Waals surface area contributed by atoms with Crippen molar-refractivity contribution >= 4 is 11.4 Å². The monoisotopic (exact) mass is 264 g/mol. The molecule has 0 spiro atoms. The zero-order chi connectivity index (χ0) is 13.7. The van der Waals surface area contributed by atoms with Crippen LogP contribution in [-0.4, -0.2) is 40.0 Å². The largest absolute Gasteiger partial charge is 0.398 e. The van der Waals surface area contributed by atoms with Crippen LogP contribution in [-0.2, 0) is 15.9 Å². The average molecular weight is 264 g/mol. The maximum absolute atomic E-state index is 6.00. The van der Waals surface area contributed by atoms with Gasteiger partial charge in [-0.3, -0.25) is 0 Å². The summed E-state index contributed by atoms with van der Waals surface area (Å²) in [4.78, 5) is 2.41. The van der Waals surface area contributed by atoms with E-state index in [1.54, 1.807) is 7.11 Å². The van der Waals surface area contributed by atoms with Gasteiger partial charge in [-0.1, -0.05) is 6.07 Å². The molecule has 2 N–H and O–H groups in total. The highest BCUT2D eigenvalue weighted by atomic mass is 16.5. The molecule has 0 amide bonds. The van der Waals surface area contributed by atoms with Crippen molar-refractivity contribution in [2.24, 2.45) is 0 Å². The molecular formula is C15H24N2O2. The van der Waals surface area contributed by atoms with Crippen molar-refractivity contribution in [1.82, 2.24) is 0 Å². The normalized spacial score (nSPS) is 13.9. The topological polar surface area (TPSA) is 47.7 Å². The van der Waals surface area contributed by atoms with E-state index in [0.29, 0.717) is 13.2 Å². The quantitative estimate of drug-likeness (QED) is 0.604. The Morgan fingerprint density at radius 1 is 1.26 bits per heavy atom. The first-order valence-corrected chi connectivity index (χ1v) is 6.93. The van der Waals surface area contributed by atoms with Crippen molar-refractivity contribution in [3.63, 3.8) is 0 Å². The summed E-state index contributed by atoms with van der Waals surface area (Å²) in [6.45, 7) is 6.33. The Bertz CT molecular complexity index is 421. The fraction of sp³-hybridized carbons (Fsp3) is 0.600. The molecule has 1 aliphatic heterocycles. The van der Waals surface area contributed by atoms with Gasteiger partial charge in [0, 0.05) is 38.2 Å². The van der Waals surface area contributed by atoms with Crippen LogP contribution in [0.4, 0.5) is 11.4 Å². The summed E-state index contributed by atoms with van der Waals surface area (Å²) in [7, 11) is 1.69. The summed E-state index contributed by atoms with van der Waals surface area (Å²) in [6.07, 6.45) is 2.16. The predicted octanol–water partition coefficient (Wildman–Crippen LogP) is 1.99. The van der Waals surface area contributed by atoms with Gasteiger partial charge in [-0.2, -0.15) is 0 Å². The summed E-state index contributed by atoms with van der Waals surface area (Å²) < 4.78 is 10.4. The second kappa shape index (κ2) is 6.78. The minimum atomic E-state index is 0.669. The van der Waals surface area contributed by atoms with Crippen LogP contribution < -0.4 is 10.6 Å². The standard InChI is InChI=1S/C15H24N2O2/c1-12-10-13-4-6-17(15(13)11-14(12)16)5-3-7-19-9-8-18-2/h10-11H,3-9,16H2,1-2H3. The molecule has 0 fully saturated rings. The van der Waals surface area contributed by atoms with Crippen molar-refractivity contribution in [2.45, 2.75) is 19.8 Å². The third-order valence-electron chi connectivity index (χ3n) is 3.61. The van der Waals surface area contributed by atoms with E-state index in [-0.39, 0.29) is 0 Å². The number of anilines is 2. The second-order valence-electron chi connectivity index (χ2n) is 5.03. The van der Waals surface area contributed by atoms with Gasteiger partial charge in [0.05, 0.1) is 13.2 Å². The third-order valence-corrected chi connectivity index (χ3v) is 3.61. The number of hydrogen-bond acceptors (Lipinski definition) is 4. The molecule has 1 heterocycles. The SMILES string of the molecule is COCCOCCCN1CCc2cc(C)c(N)cc21. The zero-order valence-corrected chi connectivity index (χ0v) is 11.9. The van der Waals surface area contributed by atoms with E-state index in [9.17, 15) is 0 Å².